The van der Waals surface area contributed by atoms with Gasteiger partial charge >= 0.3 is 6.03 Å². The van der Waals surface area contributed by atoms with E-state index < -0.39 is 0 Å². The third kappa shape index (κ3) is 5.55. The Morgan fingerprint density at radius 1 is 1.08 bits per heavy atom. The molecule has 2 aliphatic heterocycles. The van der Waals surface area contributed by atoms with E-state index in [1.807, 2.05) is 42.2 Å². The first kappa shape index (κ1) is 25.4. The molecule has 0 radical (unpaired) electrons. The number of nitrogens with zero attached hydrogens (tertiary/aromatic N) is 3. The first-order valence-corrected chi connectivity index (χ1v) is 13.8. The largest absolute Gasteiger partial charge is 0.338 e. The molecule has 0 aliphatic carbocycles. The summed E-state index contributed by atoms with van der Waals surface area (Å²) in [5.41, 5.74) is 4.03. The molecule has 0 bridgehead atoms. The van der Waals surface area contributed by atoms with E-state index in [1.165, 1.54) is 16.5 Å². The molecule has 3 aromatic rings. The zero-order valence-electron chi connectivity index (χ0n) is 21.3. The van der Waals surface area contributed by atoms with Crippen molar-refractivity contribution in [2.45, 2.75) is 38.8 Å². The van der Waals surface area contributed by atoms with E-state index in [2.05, 4.69) is 28.6 Å². The van der Waals surface area contributed by atoms with Crippen molar-refractivity contribution in [1.82, 2.24) is 14.7 Å². The molecule has 2 atom stereocenters. The smallest absolute Gasteiger partial charge is 0.322 e. The number of carbonyl (C=O) groups is 2. The topological polar surface area (TPSA) is 55.9 Å². The van der Waals surface area contributed by atoms with Crippen LogP contribution in [-0.2, 0) is 17.6 Å². The number of carbonyl (C=O) groups excluding carboxylic acids is 2. The molecule has 2 aliphatic rings. The fourth-order valence-corrected chi connectivity index (χ4v) is 6.29. The van der Waals surface area contributed by atoms with Crippen LogP contribution in [-0.4, -0.2) is 65.4 Å². The van der Waals surface area contributed by atoms with Crippen molar-refractivity contribution in [3.8, 4) is 0 Å². The molecule has 1 aromatic heterocycles. The Labute approximate surface area is 221 Å². The van der Waals surface area contributed by atoms with Gasteiger partial charge in [-0.15, -0.1) is 11.3 Å². The number of aryl methyl sites for hydroxylation is 1. The third-order valence-corrected chi connectivity index (χ3v) is 8.42. The molecule has 5 rings (SSSR count). The van der Waals surface area contributed by atoms with Crippen molar-refractivity contribution in [2.24, 2.45) is 0 Å². The first-order chi connectivity index (χ1) is 17.9. The molecule has 0 unspecified atom stereocenters. The highest BCUT2D eigenvalue weighted by atomic mass is 32.1. The molecule has 37 heavy (non-hydrogen) atoms. The zero-order valence-corrected chi connectivity index (χ0v) is 22.1. The Kier molecular flexibility index (Phi) is 7.58. The fraction of sp³-hybridized carbons (Fsp3) is 0.379. The molecule has 1 fully saturated rings. The van der Waals surface area contributed by atoms with Gasteiger partial charge in [-0.25, -0.2) is 9.18 Å². The van der Waals surface area contributed by atoms with Gasteiger partial charge in [0.1, 0.15) is 5.82 Å². The SMILES string of the molecule is CCc1ccc(NC(=O)N2CCN(C(=O)CN3CCc4sccc4[C@@H]3c3cccc(F)c3)C[C@H]2C)cc1. The Bertz CT molecular complexity index is 1260. The van der Waals surface area contributed by atoms with Gasteiger partial charge in [0.2, 0.25) is 5.91 Å². The second kappa shape index (κ2) is 11.0. The molecule has 8 heteroatoms. The maximum Gasteiger partial charge on any atom is 0.322 e. The minimum absolute atomic E-state index is 0.0437. The standard InChI is InChI=1S/C29H33FN4O2S/c1-3-21-7-9-24(10-8-21)31-29(36)34-15-14-32(18-20(34)2)27(35)19-33-13-11-26-25(12-16-37-26)28(33)22-5-4-6-23(30)17-22/h4-10,12,16-17,20,28H,3,11,13-15,18-19H2,1-2H3,(H,31,36)/t20-,28+/m1/s1. The summed E-state index contributed by atoms with van der Waals surface area (Å²) in [6.45, 7) is 6.55. The van der Waals surface area contributed by atoms with Gasteiger partial charge < -0.3 is 15.1 Å². The summed E-state index contributed by atoms with van der Waals surface area (Å²) in [7, 11) is 0. The van der Waals surface area contributed by atoms with Crippen LogP contribution < -0.4 is 5.32 Å². The summed E-state index contributed by atoms with van der Waals surface area (Å²) in [6.07, 6.45) is 1.84. The number of urea groups is 1. The quantitative estimate of drug-likeness (QED) is 0.506. The van der Waals surface area contributed by atoms with Crippen molar-refractivity contribution in [3.63, 3.8) is 0 Å². The predicted molar refractivity (Wildman–Crippen MR) is 145 cm³/mol. The minimum atomic E-state index is -0.268. The molecule has 194 valence electrons. The molecule has 0 saturated carbocycles. The van der Waals surface area contributed by atoms with Crippen LogP contribution in [0.25, 0.3) is 0 Å². The Morgan fingerprint density at radius 3 is 2.62 bits per heavy atom. The summed E-state index contributed by atoms with van der Waals surface area (Å²) in [5.74, 6) is -0.224. The summed E-state index contributed by atoms with van der Waals surface area (Å²) in [4.78, 5) is 33.5. The first-order valence-electron chi connectivity index (χ1n) is 12.9. The van der Waals surface area contributed by atoms with Gasteiger partial charge in [0, 0.05) is 42.8 Å². The van der Waals surface area contributed by atoms with Crippen molar-refractivity contribution in [3.05, 3.63) is 87.4 Å². The second-order valence-electron chi connectivity index (χ2n) is 9.84. The van der Waals surface area contributed by atoms with Gasteiger partial charge in [-0.3, -0.25) is 9.69 Å². The minimum Gasteiger partial charge on any atom is -0.338 e. The molecule has 6 nitrogen and oxygen atoms in total. The fourth-order valence-electron chi connectivity index (χ4n) is 5.38. The molecule has 3 amide bonds. The van der Waals surface area contributed by atoms with Crippen LogP contribution in [0.1, 0.15) is 41.5 Å². The number of amides is 3. The van der Waals surface area contributed by atoms with E-state index in [9.17, 15) is 14.0 Å². The number of rotatable bonds is 5. The Hall–Kier alpha value is -3.23. The van der Waals surface area contributed by atoms with E-state index in [0.29, 0.717) is 19.6 Å². The molecule has 1 N–H and O–H groups in total. The number of fused-ring (bicyclic) bond motifs is 1. The van der Waals surface area contributed by atoms with Crippen LogP contribution in [0.15, 0.2) is 60.0 Å². The lowest BCUT2D eigenvalue weighted by atomic mass is 9.93. The second-order valence-corrected chi connectivity index (χ2v) is 10.8. The van der Waals surface area contributed by atoms with Crippen LogP contribution in [0.4, 0.5) is 14.9 Å². The molecule has 0 spiro atoms. The van der Waals surface area contributed by atoms with Gasteiger partial charge in [0.05, 0.1) is 12.6 Å². The van der Waals surface area contributed by atoms with Crippen molar-refractivity contribution in [2.75, 3.05) is 38.0 Å². The van der Waals surface area contributed by atoms with Crippen LogP contribution >= 0.6 is 11.3 Å². The van der Waals surface area contributed by atoms with Crippen LogP contribution in [0.5, 0.6) is 0 Å². The third-order valence-electron chi connectivity index (χ3n) is 7.42. The average molecular weight is 521 g/mol. The summed E-state index contributed by atoms with van der Waals surface area (Å²) in [5, 5.41) is 5.06. The number of thiophene rings is 1. The lowest BCUT2D eigenvalue weighted by Gasteiger charge is -2.41. The highest BCUT2D eigenvalue weighted by molar-refractivity contribution is 7.10. The summed E-state index contributed by atoms with van der Waals surface area (Å²) >= 11 is 1.72. The highest BCUT2D eigenvalue weighted by Gasteiger charge is 2.34. The van der Waals surface area contributed by atoms with Gasteiger partial charge in [-0.2, -0.15) is 0 Å². The van der Waals surface area contributed by atoms with E-state index in [1.54, 1.807) is 28.4 Å². The van der Waals surface area contributed by atoms with Gasteiger partial charge in [-0.1, -0.05) is 31.2 Å². The summed E-state index contributed by atoms with van der Waals surface area (Å²) in [6, 6.07) is 16.3. The Morgan fingerprint density at radius 2 is 1.89 bits per heavy atom. The van der Waals surface area contributed by atoms with Gasteiger partial charge in [0.15, 0.2) is 0 Å². The molecule has 2 aromatic carbocycles. The van der Waals surface area contributed by atoms with Crippen molar-refractivity contribution in [1.29, 1.82) is 0 Å². The maximum absolute atomic E-state index is 14.1. The van der Waals surface area contributed by atoms with Crippen LogP contribution in [0.2, 0.25) is 0 Å². The monoisotopic (exact) mass is 520 g/mol. The van der Waals surface area contributed by atoms with Crippen LogP contribution in [0, 0.1) is 5.82 Å². The maximum atomic E-state index is 14.1. The number of hydrogen-bond acceptors (Lipinski definition) is 4. The molecule has 1 saturated heterocycles. The van der Waals surface area contributed by atoms with Gasteiger partial charge in [0.25, 0.3) is 0 Å². The van der Waals surface area contributed by atoms with Crippen molar-refractivity contribution >= 4 is 29.0 Å². The van der Waals surface area contributed by atoms with E-state index in [4.69, 9.17) is 0 Å². The zero-order chi connectivity index (χ0) is 25.9. The number of hydrogen-bond donors (Lipinski definition) is 1. The van der Waals surface area contributed by atoms with Crippen molar-refractivity contribution < 1.29 is 14.0 Å². The number of piperazine rings is 1. The van der Waals surface area contributed by atoms with Gasteiger partial charge in [-0.05, 0) is 72.2 Å². The number of anilines is 1. The number of nitrogens with one attached hydrogen (secondary N) is 1. The number of benzene rings is 2. The molecule has 3 heterocycles. The predicted octanol–water partition coefficient (Wildman–Crippen LogP) is 5.16. The molecular formula is C29H33FN4O2S. The molecular weight excluding hydrogens is 487 g/mol. The van der Waals surface area contributed by atoms with E-state index >= 15 is 0 Å². The van der Waals surface area contributed by atoms with E-state index in [-0.39, 0.29) is 36.4 Å². The highest BCUT2D eigenvalue weighted by Crippen LogP contribution is 2.37. The summed E-state index contributed by atoms with van der Waals surface area (Å²) < 4.78 is 14.1. The Balaban J connectivity index is 1.23. The number of halogens is 1. The van der Waals surface area contributed by atoms with E-state index in [0.717, 1.165) is 36.2 Å². The lowest BCUT2D eigenvalue weighted by Crippen LogP contribution is -2.58. The van der Waals surface area contributed by atoms with Crippen LogP contribution in [0.3, 0.4) is 0 Å². The average Bonchev–Trinajstić information content (AvgIpc) is 3.37. The normalized spacial score (nSPS) is 20.0. The lowest BCUT2D eigenvalue weighted by molar-refractivity contribution is -0.135.